The maximum absolute atomic E-state index is 12.4. The minimum absolute atomic E-state index is 0.134. The molecule has 4 N–H and O–H groups in total. The lowest BCUT2D eigenvalue weighted by molar-refractivity contribution is 0.0950. The third-order valence-corrected chi connectivity index (χ3v) is 4.45. The molecule has 26 heavy (non-hydrogen) atoms. The van der Waals surface area contributed by atoms with Gasteiger partial charge in [-0.3, -0.25) is 4.79 Å². The number of rotatable bonds is 5. The number of para-hydroxylation sites is 1. The summed E-state index contributed by atoms with van der Waals surface area (Å²) in [6.45, 7) is 3.52. The summed E-state index contributed by atoms with van der Waals surface area (Å²) in [5.74, 6) is -0.134. The fourth-order valence-corrected chi connectivity index (χ4v) is 2.95. The minimum atomic E-state index is -0.341. The zero-order valence-corrected chi connectivity index (χ0v) is 14.8. The van der Waals surface area contributed by atoms with E-state index < -0.39 is 0 Å². The van der Waals surface area contributed by atoms with Crippen molar-refractivity contribution in [1.82, 2.24) is 10.6 Å². The number of amides is 3. The highest BCUT2D eigenvalue weighted by molar-refractivity contribution is 6.02. The second kappa shape index (κ2) is 8.49. The SMILES string of the molecule is Cc1ccc(C(=O)NCC2CCCN2)cc1NC(=O)Nc1ccccc1. The first-order valence-corrected chi connectivity index (χ1v) is 8.87. The number of benzene rings is 2. The van der Waals surface area contributed by atoms with E-state index >= 15 is 0 Å². The molecule has 1 heterocycles. The zero-order chi connectivity index (χ0) is 18.4. The Hall–Kier alpha value is -2.86. The molecule has 1 atom stereocenters. The van der Waals surface area contributed by atoms with Crippen molar-refractivity contribution in [2.24, 2.45) is 0 Å². The van der Waals surface area contributed by atoms with Crippen molar-refractivity contribution in [2.45, 2.75) is 25.8 Å². The van der Waals surface area contributed by atoms with Gasteiger partial charge in [-0.05, 0) is 56.1 Å². The van der Waals surface area contributed by atoms with Gasteiger partial charge in [0.1, 0.15) is 0 Å². The van der Waals surface area contributed by atoms with E-state index in [1.165, 1.54) is 0 Å². The van der Waals surface area contributed by atoms with Crippen LogP contribution in [0.2, 0.25) is 0 Å². The van der Waals surface area contributed by atoms with E-state index in [1.807, 2.05) is 43.3 Å². The Labute approximate surface area is 153 Å². The van der Waals surface area contributed by atoms with Crippen LogP contribution in [0.3, 0.4) is 0 Å². The molecule has 1 saturated heterocycles. The number of carbonyl (C=O) groups is 2. The molecule has 0 aliphatic carbocycles. The van der Waals surface area contributed by atoms with E-state index in [-0.39, 0.29) is 11.9 Å². The Kier molecular flexibility index (Phi) is 5.86. The van der Waals surface area contributed by atoms with Crippen LogP contribution in [0.25, 0.3) is 0 Å². The van der Waals surface area contributed by atoms with Gasteiger partial charge in [0, 0.05) is 29.5 Å². The lowest BCUT2D eigenvalue weighted by Gasteiger charge is -2.14. The summed E-state index contributed by atoms with van der Waals surface area (Å²) in [5.41, 5.74) is 2.75. The average Bonchev–Trinajstić information content (AvgIpc) is 3.16. The first-order valence-electron chi connectivity index (χ1n) is 8.87. The molecule has 3 amide bonds. The van der Waals surface area contributed by atoms with Gasteiger partial charge < -0.3 is 21.3 Å². The lowest BCUT2D eigenvalue weighted by Crippen LogP contribution is -2.37. The summed E-state index contributed by atoms with van der Waals surface area (Å²) in [5, 5.41) is 11.9. The van der Waals surface area contributed by atoms with Gasteiger partial charge in [-0.15, -0.1) is 0 Å². The lowest BCUT2D eigenvalue weighted by atomic mass is 10.1. The highest BCUT2D eigenvalue weighted by Gasteiger charge is 2.16. The van der Waals surface area contributed by atoms with Gasteiger partial charge in [0.15, 0.2) is 0 Å². The summed E-state index contributed by atoms with van der Waals surface area (Å²) in [4.78, 5) is 24.6. The van der Waals surface area contributed by atoms with Gasteiger partial charge in [-0.1, -0.05) is 24.3 Å². The van der Waals surface area contributed by atoms with Crippen LogP contribution in [0.15, 0.2) is 48.5 Å². The van der Waals surface area contributed by atoms with Crippen LogP contribution in [0.1, 0.15) is 28.8 Å². The van der Waals surface area contributed by atoms with E-state index in [9.17, 15) is 9.59 Å². The van der Waals surface area contributed by atoms with Crippen LogP contribution in [0.4, 0.5) is 16.2 Å². The van der Waals surface area contributed by atoms with E-state index in [4.69, 9.17) is 0 Å². The van der Waals surface area contributed by atoms with E-state index in [1.54, 1.807) is 12.1 Å². The highest BCUT2D eigenvalue weighted by Crippen LogP contribution is 2.18. The van der Waals surface area contributed by atoms with Crippen molar-refractivity contribution in [1.29, 1.82) is 0 Å². The molecule has 3 rings (SSSR count). The van der Waals surface area contributed by atoms with Gasteiger partial charge in [0.25, 0.3) is 5.91 Å². The largest absolute Gasteiger partial charge is 0.350 e. The number of aryl methyl sites for hydroxylation is 1. The maximum Gasteiger partial charge on any atom is 0.323 e. The highest BCUT2D eigenvalue weighted by atomic mass is 16.2. The van der Waals surface area contributed by atoms with Crippen molar-refractivity contribution in [3.8, 4) is 0 Å². The molecule has 0 radical (unpaired) electrons. The molecule has 0 spiro atoms. The van der Waals surface area contributed by atoms with Crippen molar-refractivity contribution in [3.63, 3.8) is 0 Å². The number of nitrogens with one attached hydrogen (secondary N) is 4. The van der Waals surface area contributed by atoms with Crippen LogP contribution >= 0.6 is 0 Å². The third kappa shape index (κ3) is 4.83. The molecular weight excluding hydrogens is 328 g/mol. The monoisotopic (exact) mass is 352 g/mol. The third-order valence-electron chi connectivity index (χ3n) is 4.45. The van der Waals surface area contributed by atoms with Gasteiger partial charge >= 0.3 is 6.03 Å². The van der Waals surface area contributed by atoms with Crippen molar-refractivity contribution in [2.75, 3.05) is 23.7 Å². The van der Waals surface area contributed by atoms with Crippen molar-refractivity contribution < 1.29 is 9.59 Å². The number of hydrogen-bond donors (Lipinski definition) is 4. The second-order valence-electron chi connectivity index (χ2n) is 6.48. The Morgan fingerprint density at radius 3 is 2.65 bits per heavy atom. The molecule has 0 saturated carbocycles. The first kappa shape index (κ1) is 17.9. The van der Waals surface area contributed by atoms with E-state index in [0.717, 1.165) is 24.9 Å². The van der Waals surface area contributed by atoms with E-state index in [0.29, 0.717) is 29.5 Å². The Morgan fingerprint density at radius 1 is 1.12 bits per heavy atom. The number of hydrogen-bond acceptors (Lipinski definition) is 3. The molecule has 136 valence electrons. The van der Waals surface area contributed by atoms with Gasteiger partial charge in [0.2, 0.25) is 0 Å². The summed E-state index contributed by atoms with van der Waals surface area (Å²) < 4.78 is 0. The first-order chi connectivity index (χ1) is 12.6. The van der Waals surface area contributed by atoms with Crippen LogP contribution in [0.5, 0.6) is 0 Å². The molecule has 1 aliphatic heterocycles. The Bertz CT molecular complexity index is 771. The van der Waals surface area contributed by atoms with Crippen molar-refractivity contribution >= 4 is 23.3 Å². The fraction of sp³-hybridized carbons (Fsp3) is 0.300. The topological polar surface area (TPSA) is 82.3 Å². The molecule has 2 aromatic rings. The second-order valence-corrected chi connectivity index (χ2v) is 6.48. The number of carbonyl (C=O) groups excluding carboxylic acids is 2. The quantitative estimate of drug-likeness (QED) is 0.667. The van der Waals surface area contributed by atoms with Crippen LogP contribution < -0.4 is 21.3 Å². The van der Waals surface area contributed by atoms with Crippen LogP contribution in [-0.2, 0) is 0 Å². The zero-order valence-electron chi connectivity index (χ0n) is 14.8. The summed E-state index contributed by atoms with van der Waals surface area (Å²) in [6, 6.07) is 14.5. The molecule has 6 nitrogen and oxygen atoms in total. The molecular formula is C20H24N4O2. The summed E-state index contributed by atoms with van der Waals surface area (Å²) in [7, 11) is 0. The van der Waals surface area contributed by atoms with Crippen molar-refractivity contribution in [3.05, 3.63) is 59.7 Å². The number of urea groups is 1. The van der Waals surface area contributed by atoms with E-state index in [2.05, 4.69) is 21.3 Å². The average molecular weight is 352 g/mol. The number of anilines is 2. The predicted octanol–water partition coefficient (Wildman–Crippen LogP) is 3.12. The fourth-order valence-electron chi connectivity index (χ4n) is 2.95. The molecule has 0 bridgehead atoms. The predicted molar refractivity (Wildman–Crippen MR) is 104 cm³/mol. The smallest absolute Gasteiger partial charge is 0.323 e. The molecule has 1 aliphatic rings. The van der Waals surface area contributed by atoms with Crippen LogP contribution in [0, 0.1) is 6.92 Å². The maximum atomic E-state index is 12.4. The Balaban J connectivity index is 1.61. The van der Waals surface area contributed by atoms with Gasteiger partial charge in [-0.25, -0.2) is 4.79 Å². The molecule has 6 heteroatoms. The molecule has 1 fully saturated rings. The Morgan fingerprint density at radius 2 is 1.92 bits per heavy atom. The molecule has 0 aromatic heterocycles. The minimum Gasteiger partial charge on any atom is -0.350 e. The van der Waals surface area contributed by atoms with Crippen LogP contribution in [-0.4, -0.2) is 31.1 Å². The molecule has 2 aromatic carbocycles. The normalized spacial score (nSPS) is 16.1. The summed E-state index contributed by atoms with van der Waals surface area (Å²) >= 11 is 0. The van der Waals surface area contributed by atoms with Gasteiger partial charge in [0.05, 0.1) is 0 Å². The summed E-state index contributed by atoms with van der Waals surface area (Å²) in [6.07, 6.45) is 2.23. The standard InChI is InChI=1S/C20H24N4O2/c1-14-9-10-15(19(25)22-13-17-8-5-11-21-17)12-18(14)24-20(26)23-16-6-3-2-4-7-16/h2-4,6-7,9-10,12,17,21H,5,8,11,13H2,1H3,(H,22,25)(H2,23,24,26). The van der Waals surface area contributed by atoms with Gasteiger partial charge in [-0.2, -0.15) is 0 Å². The molecule has 1 unspecified atom stereocenters.